The van der Waals surface area contributed by atoms with Crippen molar-refractivity contribution in [3.63, 3.8) is 0 Å². The molecule has 11 heterocycles. The number of rotatable bonds is 24. The number of hydrogen-bond donors (Lipinski definition) is 6. The van der Waals surface area contributed by atoms with Gasteiger partial charge in [0.15, 0.2) is 57.5 Å². The Morgan fingerprint density at radius 3 is 1.07 bits per heavy atom. The summed E-state index contributed by atoms with van der Waals surface area (Å²) in [5.41, 5.74) is 14.3. The van der Waals surface area contributed by atoms with Crippen LogP contribution in [0, 0.1) is 0 Å². The summed E-state index contributed by atoms with van der Waals surface area (Å²) in [7, 11) is 0. The highest BCUT2D eigenvalue weighted by molar-refractivity contribution is 9.10. The molecule has 144 heavy (non-hydrogen) atoms. The molecular formula is C110H98Br2N6O26. The third-order valence-corrected chi connectivity index (χ3v) is 25.3. The van der Waals surface area contributed by atoms with E-state index in [1.807, 2.05) is 188 Å². The van der Waals surface area contributed by atoms with Crippen molar-refractivity contribution in [1.82, 2.24) is 13.7 Å². The van der Waals surface area contributed by atoms with Crippen molar-refractivity contribution in [3.05, 3.63) is 342 Å². The highest BCUT2D eigenvalue weighted by Crippen LogP contribution is 2.46. The van der Waals surface area contributed by atoms with Crippen LogP contribution in [0.4, 0.5) is 17.1 Å². The van der Waals surface area contributed by atoms with Gasteiger partial charge in [-0.05, 0) is 278 Å². The number of anilines is 3. The summed E-state index contributed by atoms with van der Waals surface area (Å²) in [6.07, 6.45) is 10.7. The zero-order chi connectivity index (χ0) is 100. The summed E-state index contributed by atoms with van der Waals surface area (Å²) in [5, 5.41) is 36.3. The van der Waals surface area contributed by atoms with Crippen molar-refractivity contribution in [3.8, 4) is 97.3 Å². The highest BCUT2D eigenvalue weighted by Gasteiger charge is 2.33. The molecule has 0 unspecified atom stereocenters. The summed E-state index contributed by atoms with van der Waals surface area (Å²) >= 11 is 6.42. The number of carbonyl (C=O) groups is 8. The number of nitrogens with one attached hydrogen (secondary N) is 3. The van der Waals surface area contributed by atoms with Gasteiger partial charge < -0.3 is 116 Å². The molecule has 3 aromatic heterocycles. The first kappa shape index (κ1) is 99.0. The number of ether oxygens (including phenoxy) is 15. The second kappa shape index (κ2) is 46.6. The van der Waals surface area contributed by atoms with Gasteiger partial charge in [-0.25, -0.2) is 24.0 Å². The number of amides is 3. The Morgan fingerprint density at radius 2 is 0.660 bits per heavy atom. The topological polar surface area (TPSA) is 387 Å². The van der Waals surface area contributed by atoms with Crippen LogP contribution in [-0.4, -0.2) is 124 Å². The van der Waals surface area contributed by atoms with Crippen molar-refractivity contribution >= 4 is 96.5 Å². The number of esters is 2. The van der Waals surface area contributed by atoms with E-state index in [1.54, 1.807) is 56.3 Å². The fraction of sp³-hybridized carbons (Fsp3) is 0.218. The number of carbonyl (C=O) groups excluding carboxylic acids is 5. The van der Waals surface area contributed by atoms with Gasteiger partial charge in [0.25, 0.3) is 17.7 Å². The maximum atomic E-state index is 13.5. The molecule has 34 heteroatoms. The average Bonchev–Trinajstić information content (AvgIpc) is 1.60. The molecular weight excluding hydrogens is 1980 g/mol. The molecule has 0 spiro atoms. The van der Waals surface area contributed by atoms with Crippen molar-refractivity contribution in [2.75, 3.05) is 63.1 Å². The zero-order valence-electron chi connectivity index (χ0n) is 78.1. The molecule has 0 bridgehead atoms. The summed E-state index contributed by atoms with van der Waals surface area (Å²) < 4.78 is 87.8. The van der Waals surface area contributed by atoms with Gasteiger partial charge in [0, 0.05) is 80.0 Å². The number of aromatic carboxylic acids is 3. The number of aromatic nitrogens is 3. The molecule has 3 amide bonds. The van der Waals surface area contributed by atoms with Crippen LogP contribution in [0.2, 0.25) is 0 Å². The van der Waals surface area contributed by atoms with E-state index in [0.717, 1.165) is 127 Å². The largest absolute Gasteiger partial charge is 0.489 e. The third-order valence-electron chi connectivity index (χ3n) is 24.0. The van der Waals surface area contributed by atoms with E-state index in [4.69, 9.17) is 81.3 Å². The lowest BCUT2D eigenvalue weighted by Gasteiger charge is -2.20. The van der Waals surface area contributed by atoms with Gasteiger partial charge in [0.1, 0.15) is 37.1 Å². The predicted octanol–water partition coefficient (Wildman–Crippen LogP) is 22.0. The normalized spacial score (nSPS) is 13.2. The van der Waals surface area contributed by atoms with Crippen LogP contribution < -0.4 is 77.5 Å². The zero-order valence-corrected chi connectivity index (χ0v) is 81.3. The number of hydrogen-bond acceptors (Lipinski definition) is 23. The SMILES string of the molecule is CCOC(=O)c1cc2c(cc1-c1cc(C(=O)Nc3ccc(OCc4ccccc4)cc3)c3n1CCCC3)OCO2.CCOC(=O)c1cc2c(cc1Br)OCO2.O=C(Nc1ccc(OCc2ccccc2)cc1)c1ccn2c1CCCC2.O=C(O)c1cc2c(cc1-c1cc(C(=O)Nc3ccc(OCc4ccccc4)cc3)c3n1CCCC3)OCO2.O=C(O)c1cc2c(cc1Br)OCO2.O=C(O)c1ccc2c(c1)OCO2. The van der Waals surface area contributed by atoms with Gasteiger partial charge in [0.05, 0.1) is 69.1 Å². The highest BCUT2D eigenvalue weighted by atomic mass is 79.9. The maximum Gasteiger partial charge on any atom is 0.339 e. The Balaban J connectivity index is 0.000000126. The summed E-state index contributed by atoms with van der Waals surface area (Å²) in [6, 6.07) is 75.2. The molecule has 0 fully saturated rings. The van der Waals surface area contributed by atoms with E-state index >= 15 is 0 Å². The molecule has 32 nitrogen and oxygen atoms in total. The van der Waals surface area contributed by atoms with Gasteiger partial charge >= 0.3 is 29.8 Å². The number of carboxylic acid groups (broad SMARTS) is 3. The third kappa shape index (κ3) is 24.2. The van der Waals surface area contributed by atoms with Crippen LogP contribution in [0.5, 0.6) is 74.7 Å². The predicted molar refractivity (Wildman–Crippen MR) is 537 cm³/mol. The fourth-order valence-electron chi connectivity index (χ4n) is 16.9. The molecule has 0 radical (unpaired) electrons. The van der Waals surface area contributed by atoms with Gasteiger partial charge in [-0.15, -0.1) is 0 Å². The molecule has 0 aliphatic carbocycles. The van der Waals surface area contributed by atoms with Crippen LogP contribution >= 0.6 is 31.9 Å². The molecule has 14 aromatic rings. The molecule has 0 atom stereocenters. The first-order valence-electron chi connectivity index (χ1n) is 46.5. The van der Waals surface area contributed by atoms with Crippen molar-refractivity contribution in [2.45, 2.75) is 111 Å². The van der Waals surface area contributed by atoms with Gasteiger partial charge in [-0.2, -0.15) is 0 Å². The number of halogens is 2. The molecule has 11 aromatic carbocycles. The first-order chi connectivity index (χ1) is 70.1. The molecule has 738 valence electrons. The lowest BCUT2D eigenvalue weighted by molar-refractivity contribution is 0.0516. The molecule has 6 N–H and O–H groups in total. The Labute approximate surface area is 843 Å². The van der Waals surface area contributed by atoms with Gasteiger partial charge in [-0.1, -0.05) is 91.0 Å². The minimum atomic E-state index is -1.06. The van der Waals surface area contributed by atoms with Crippen LogP contribution in [0.3, 0.4) is 0 Å². The van der Waals surface area contributed by atoms with E-state index < -0.39 is 23.9 Å². The number of benzene rings is 11. The van der Waals surface area contributed by atoms with Crippen molar-refractivity contribution in [2.24, 2.45) is 0 Å². The van der Waals surface area contributed by atoms with Crippen LogP contribution in [-0.2, 0) is 68.2 Å². The van der Waals surface area contributed by atoms with Crippen LogP contribution in [0.1, 0.15) is 169 Å². The summed E-state index contributed by atoms with van der Waals surface area (Å²) in [5.74, 6) is 3.21. The van der Waals surface area contributed by atoms with Crippen LogP contribution in [0.25, 0.3) is 22.5 Å². The summed E-state index contributed by atoms with van der Waals surface area (Å²) in [6.45, 7) is 8.71. The lowest BCUT2D eigenvalue weighted by atomic mass is 10.0. The Morgan fingerprint density at radius 1 is 0.319 bits per heavy atom. The average molecular weight is 2080 g/mol. The molecule has 8 aliphatic heterocycles. The molecule has 0 saturated carbocycles. The second-order valence-corrected chi connectivity index (χ2v) is 35.1. The minimum absolute atomic E-state index is 0.0430. The van der Waals surface area contributed by atoms with Crippen molar-refractivity contribution in [1.29, 1.82) is 0 Å². The summed E-state index contributed by atoms with van der Waals surface area (Å²) in [4.78, 5) is 97.3. The number of carboxylic acids is 3. The lowest BCUT2D eigenvalue weighted by Crippen LogP contribution is -2.17. The van der Waals surface area contributed by atoms with Crippen molar-refractivity contribution < 1.29 is 125 Å². The maximum absolute atomic E-state index is 13.5. The van der Waals surface area contributed by atoms with Crippen LogP contribution in [0.15, 0.2) is 264 Å². The van der Waals surface area contributed by atoms with E-state index in [9.17, 15) is 43.5 Å². The Bertz CT molecular complexity index is 7050. The van der Waals surface area contributed by atoms with E-state index in [2.05, 4.69) is 61.5 Å². The quantitative estimate of drug-likeness (QED) is 0.0306. The number of fused-ring (bicyclic) bond motifs is 8. The molecule has 8 aliphatic rings. The minimum Gasteiger partial charge on any atom is -0.489 e. The van der Waals surface area contributed by atoms with E-state index in [0.29, 0.717) is 156 Å². The fourth-order valence-corrected chi connectivity index (χ4v) is 17.9. The first-order valence-corrected chi connectivity index (χ1v) is 48.1. The molecule has 0 saturated heterocycles. The smallest absolute Gasteiger partial charge is 0.339 e. The number of aryl methyl sites for hydroxylation is 1. The van der Waals surface area contributed by atoms with Gasteiger partial charge in [0.2, 0.25) is 34.0 Å². The Kier molecular flexibility index (Phi) is 32.1. The molecule has 22 rings (SSSR count). The van der Waals surface area contributed by atoms with Gasteiger partial charge in [-0.3, -0.25) is 14.4 Å². The van der Waals surface area contributed by atoms with E-state index in [-0.39, 0.29) is 81.0 Å². The monoisotopic (exact) mass is 2080 g/mol. The Hall–Kier alpha value is -16.6. The second-order valence-electron chi connectivity index (χ2n) is 33.4. The van der Waals surface area contributed by atoms with E-state index in [1.165, 1.54) is 30.7 Å². The standard InChI is InChI=1S/C32H30N2O6.C30H26N2O6.C22H22N2O2.C10H9BrO4.C8H5BrO4.C8H6O4/c1-2-37-32(36)25-18-30-29(39-20-40-30)17-24(25)28-16-26(27-10-6-7-15-34(27)28)31(35)33-22-11-13-23(14-12-22)38-19-21-8-4-3-5-9-21;33-29(31-20-9-11-21(12-10-20)36-17-19-6-2-1-3-7-19)24-14-26(32-13-5-4-8-25(24)32)22-15-27-28(38-18-37-27)16-23(22)30(34)35;25-22(20-13-15-24-14-5-4-8-21(20)24)23-18-9-11-19(12-10-18)26-16-17-6-2-1-3-7-17;1-2-13-10(12)6-3-8-9(4-7(6)11)15-5-14-8;9-5-2-7-6(12-3-13-7)1-4(5)8(10)11;9-8(10)5-1-2-6-7(3-5)12-4-11-6/h3-5,8-9,11-14,16-18H,2,6-7,10,15,19-20H2,1H3,(H,33,35);1-3,6-7,9-12,14-16H,4-5,8,13,17-18H2,(H,31,33)(H,34,35);1-3,6-7,9-13,15H,4-5,8,14,16H2,(H,23,25);3-4H,2,5H2,1H3;1-2H,3H2,(H,10,11);1-3H,4H2,(H,9,10). The number of nitrogens with zero attached hydrogens (tertiary/aromatic N) is 3.